The molecule has 0 aliphatic carbocycles. The number of carbonyl (C=O) groups is 1. The van der Waals surface area contributed by atoms with E-state index in [4.69, 9.17) is 0 Å². The molecule has 0 heterocycles. The first kappa shape index (κ1) is 17.5. The highest BCUT2D eigenvalue weighted by molar-refractivity contribution is 7.99. The highest BCUT2D eigenvalue weighted by atomic mass is 32.2. The van der Waals surface area contributed by atoms with Crippen LogP contribution in [0.1, 0.15) is 30.5 Å². The van der Waals surface area contributed by atoms with Crippen LogP contribution in [0.4, 0.5) is 10.1 Å². The van der Waals surface area contributed by atoms with Gasteiger partial charge in [-0.3, -0.25) is 4.79 Å². The summed E-state index contributed by atoms with van der Waals surface area (Å²) in [5.74, 6) is 0.734. The number of thioether (sulfide) groups is 1. The Morgan fingerprint density at radius 2 is 1.74 bits per heavy atom. The van der Waals surface area contributed by atoms with Gasteiger partial charge in [-0.05, 0) is 41.7 Å². The molecule has 2 nitrogen and oxygen atoms in total. The summed E-state index contributed by atoms with van der Waals surface area (Å²) < 4.78 is 13.1. The first-order valence-electron chi connectivity index (χ1n) is 7.86. The minimum absolute atomic E-state index is 0.0120. The zero-order valence-corrected chi connectivity index (χ0v) is 14.4. The summed E-state index contributed by atoms with van der Waals surface area (Å²) in [6.07, 6.45) is 1.78. The lowest BCUT2D eigenvalue weighted by molar-refractivity contribution is -0.113. The van der Waals surface area contributed by atoms with E-state index in [2.05, 4.69) is 31.3 Å². The standard InChI is InChI=1S/C19H22FNOS/c1-3-15-8-6-9-16(4-2)19(15)21-18(22)13-23-12-14-7-5-10-17(20)11-14/h5-11H,3-4,12-13H2,1-2H3,(H,21,22). The van der Waals surface area contributed by atoms with E-state index in [0.29, 0.717) is 11.5 Å². The minimum Gasteiger partial charge on any atom is -0.325 e. The first-order valence-corrected chi connectivity index (χ1v) is 9.02. The average Bonchev–Trinajstić information content (AvgIpc) is 2.55. The van der Waals surface area contributed by atoms with E-state index in [1.165, 1.54) is 23.9 Å². The molecule has 2 aromatic rings. The molecule has 0 aromatic heterocycles. The molecular formula is C19H22FNOS. The summed E-state index contributed by atoms with van der Waals surface area (Å²) >= 11 is 1.49. The van der Waals surface area contributed by atoms with Crippen molar-refractivity contribution in [3.63, 3.8) is 0 Å². The first-order chi connectivity index (χ1) is 11.1. The van der Waals surface area contributed by atoms with Crippen molar-refractivity contribution < 1.29 is 9.18 Å². The molecule has 0 bridgehead atoms. The minimum atomic E-state index is -0.239. The highest BCUT2D eigenvalue weighted by Gasteiger charge is 2.10. The van der Waals surface area contributed by atoms with Gasteiger partial charge in [0.05, 0.1) is 5.75 Å². The number of anilines is 1. The van der Waals surface area contributed by atoms with Crippen molar-refractivity contribution in [2.75, 3.05) is 11.1 Å². The van der Waals surface area contributed by atoms with Gasteiger partial charge >= 0.3 is 0 Å². The molecule has 0 saturated carbocycles. The predicted molar refractivity (Wildman–Crippen MR) is 96.4 cm³/mol. The molecule has 0 unspecified atom stereocenters. The fourth-order valence-corrected chi connectivity index (χ4v) is 3.24. The van der Waals surface area contributed by atoms with Crippen molar-refractivity contribution >= 4 is 23.4 Å². The molecule has 0 saturated heterocycles. The van der Waals surface area contributed by atoms with E-state index in [1.807, 2.05) is 12.1 Å². The Bertz CT molecular complexity index is 650. The van der Waals surface area contributed by atoms with Gasteiger partial charge in [-0.2, -0.15) is 0 Å². The van der Waals surface area contributed by atoms with Crippen molar-refractivity contribution in [1.29, 1.82) is 0 Å². The van der Waals surface area contributed by atoms with Crippen LogP contribution in [-0.4, -0.2) is 11.7 Å². The van der Waals surface area contributed by atoms with Crippen molar-refractivity contribution in [1.82, 2.24) is 0 Å². The molecule has 0 atom stereocenters. The lowest BCUT2D eigenvalue weighted by Crippen LogP contribution is -2.16. The quantitative estimate of drug-likeness (QED) is 0.788. The lowest BCUT2D eigenvalue weighted by atomic mass is 10.0. The molecule has 0 spiro atoms. The van der Waals surface area contributed by atoms with Crippen molar-refractivity contribution in [2.24, 2.45) is 0 Å². The number of nitrogens with one attached hydrogen (secondary N) is 1. The summed E-state index contributed by atoms with van der Waals surface area (Å²) in [6.45, 7) is 4.17. The Morgan fingerprint density at radius 1 is 1.09 bits per heavy atom. The van der Waals surface area contributed by atoms with Crippen LogP contribution in [0.2, 0.25) is 0 Å². The SMILES string of the molecule is CCc1cccc(CC)c1NC(=O)CSCc1cccc(F)c1. The van der Waals surface area contributed by atoms with E-state index in [0.717, 1.165) is 35.2 Å². The van der Waals surface area contributed by atoms with Crippen LogP contribution in [-0.2, 0) is 23.4 Å². The molecule has 0 aliphatic rings. The van der Waals surface area contributed by atoms with Gasteiger partial charge in [0, 0.05) is 11.4 Å². The molecule has 122 valence electrons. The van der Waals surface area contributed by atoms with E-state index in [9.17, 15) is 9.18 Å². The topological polar surface area (TPSA) is 29.1 Å². The Balaban J connectivity index is 1.92. The number of halogens is 1. The fraction of sp³-hybridized carbons (Fsp3) is 0.316. The normalized spacial score (nSPS) is 10.6. The zero-order valence-electron chi connectivity index (χ0n) is 13.6. The third-order valence-electron chi connectivity index (χ3n) is 3.65. The van der Waals surface area contributed by atoms with Crippen molar-refractivity contribution in [3.05, 3.63) is 65.0 Å². The van der Waals surface area contributed by atoms with Gasteiger partial charge in [0.15, 0.2) is 0 Å². The molecular weight excluding hydrogens is 309 g/mol. The Labute approximate surface area is 141 Å². The number of hydrogen-bond donors (Lipinski definition) is 1. The average molecular weight is 331 g/mol. The highest BCUT2D eigenvalue weighted by Crippen LogP contribution is 2.23. The Morgan fingerprint density at radius 3 is 2.35 bits per heavy atom. The summed E-state index contributed by atoms with van der Waals surface area (Å²) in [7, 11) is 0. The number of rotatable bonds is 7. The Hall–Kier alpha value is -1.81. The maximum atomic E-state index is 13.1. The number of carbonyl (C=O) groups excluding carboxylic acids is 1. The smallest absolute Gasteiger partial charge is 0.234 e. The molecule has 2 aromatic carbocycles. The van der Waals surface area contributed by atoms with Crippen molar-refractivity contribution in [2.45, 2.75) is 32.4 Å². The van der Waals surface area contributed by atoms with Crippen LogP contribution in [0.15, 0.2) is 42.5 Å². The van der Waals surface area contributed by atoms with Gasteiger partial charge in [0.1, 0.15) is 5.82 Å². The van der Waals surface area contributed by atoms with Crippen LogP contribution in [0, 0.1) is 5.82 Å². The molecule has 0 aliphatic heterocycles. The van der Waals surface area contributed by atoms with Gasteiger partial charge in [-0.15, -0.1) is 11.8 Å². The second kappa shape index (κ2) is 8.73. The number of aryl methyl sites for hydroxylation is 2. The monoisotopic (exact) mass is 331 g/mol. The fourth-order valence-electron chi connectivity index (χ4n) is 2.47. The lowest BCUT2D eigenvalue weighted by Gasteiger charge is -2.14. The van der Waals surface area contributed by atoms with E-state index >= 15 is 0 Å². The van der Waals surface area contributed by atoms with Crippen LogP contribution < -0.4 is 5.32 Å². The second-order valence-electron chi connectivity index (χ2n) is 5.33. The van der Waals surface area contributed by atoms with E-state index < -0.39 is 0 Å². The molecule has 4 heteroatoms. The maximum Gasteiger partial charge on any atom is 0.234 e. The summed E-state index contributed by atoms with van der Waals surface area (Å²) in [5, 5.41) is 3.04. The predicted octanol–water partition coefficient (Wildman–Crippen LogP) is 4.82. The zero-order chi connectivity index (χ0) is 16.7. The Kier molecular flexibility index (Phi) is 6.66. The third-order valence-corrected chi connectivity index (χ3v) is 4.66. The molecule has 0 fully saturated rings. The largest absolute Gasteiger partial charge is 0.325 e. The molecule has 23 heavy (non-hydrogen) atoms. The van der Waals surface area contributed by atoms with E-state index in [-0.39, 0.29) is 11.7 Å². The number of benzene rings is 2. The van der Waals surface area contributed by atoms with Crippen LogP contribution in [0.25, 0.3) is 0 Å². The van der Waals surface area contributed by atoms with Crippen LogP contribution in [0.3, 0.4) is 0 Å². The van der Waals surface area contributed by atoms with E-state index in [1.54, 1.807) is 6.07 Å². The number of amides is 1. The maximum absolute atomic E-state index is 13.1. The third kappa shape index (κ3) is 5.10. The van der Waals surface area contributed by atoms with Crippen LogP contribution in [0.5, 0.6) is 0 Å². The number of para-hydroxylation sites is 1. The van der Waals surface area contributed by atoms with Crippen molar-refractivity contribution in [3.8, 4) is 0 Å². The second-order valence-corrected chi connectivity index (χ2v) is 6.31. The molecule has 1 amide bonds. The van der Waals surface area contributed by atoms with Gasteiger partial charge in [0.2, 0.25) is 5.91 Å². The molecule has 1 N–H and O–H groups in total. The number of hydrogen-bond acceptors (Lipinski definition) is 2. The van der Waals surface area contributed by atoms with Gasteiger partial charge in [-0.25, -0.2) is 4.39 Å². The summed E-state index contributed by atoms with van der Waals surface area (Å²) in [4.78, 5) is 12.2. The van der Waals surface area contributed by atoms with Crippen LogP contribution >= 0.6 is 11.8 Å². The van der Waals surface area contributed by atoms with Gasteiger partial charge in [0.25, 0.3) is 0 Å². The summed E-state index contributed by atoms with van der Waals surface area (Å²) in [6, 6.07) is 12.6. The summed E-state index contributed by atoms with van der Waals surface area (Å²) in [5.41, 5.74) is 4.17. The molecule has 2 rings (SSSR count). The van der Waals surface area contributed by atoms with Gasteiger partial charge in [-0.1, -0.05) is 44.2 Å². The molecule has 0 radical (unpaired) electrons. The van der Waals surface area contributed by atoms with Gasteiger partial charge < -0.3 is 5.32 Å².